The van der Waals surface area contributed by atoms with E-state index in [9.17, 15) is 4.39 Å². The molecular weight excluding hydrogens is 275 g/mol. The van der Waals surface area contributed by atoms with Crippen LogP contribution in [-0.2, 0) is 11.3 Å². The van der Waals surface area contributed by atoms with E-state index in [2.05, 4.69) is 11.8 Å². The Labute approximate surface area is 124 Å². The van der Waals surface area contributed by atoms with Gasteiger partial charge in [0.2, 0.25) is 0 Å². The van der Waals surface area contributed by atoms with Crippen molar-refractivity contribution >= 4 is 17.2 Å². The van der Waals surface area contributed by atoms with Crippen LogP contribution in [-0.4, -0.2) is 35.2 Å². The summed E-state index contributed by atoms with van der Waals surface area (Å²) in [6.07, 6.45) is 1.19. The normalized spacial score (nSPS) is 23.8. The molecule has 1 aliphatic rings. The summed E-state index contributed by atoms with van der Waals surface area (Å²) in [5.41, 5.74) is 6.77. The van der Waals surface area contributed by atoms with Gasteiger partial charge in [0, 0.05) is 30.3 Å². The fourth-order valence-electron chi connectivity index (χ4n) is 2.53. The smallest absolute Gasteiger partial charge is 0.128 e. The number of morpholine rings is 1. The summed E-state index contributed by atoms with van der Waals surface area (Å²) in [6, 6.07) is 5.32. The molecule has 0 bridgehead atoms. The molecule has 5 heteroatoms. The minimum atomic E-state index is -0.246. The van der Waals surface area contributed by atoms with Gasteiger partial charge in [-0.05, 0) is 19.4 Å². The lowest BCUT2D eigenvalue weighted by Gasteiger charge is -2.38. The molecule has 0 amide bonds. The van der Waals surface area contributed by atoms with Crippen molar-refractivity contribution < 1.29 is 9.13 Å². The van der Waals surface area contributed by atoms with Gasteiger partial charge in [0.15, 0.2) is 0 Å². The van der Waals surface area contributed by atoms with Crippen LogP contribution in [0.15, 0.2) is 18.2 Å². The molecule has 0 saturated carbocycles. The monoisotopic (exact) mass is 296 g/mol. The zero-order valence-corrected chi connectivity index (χ0v) is 12.8. The van der Waals surface area contributed by atoms with E-state index in [1.54, 1.807) is 12.1 Å². The van der Waals surface area contributed by atoms with Crippen molar-refractivity contribution in [1.82, 2.24) is 4.90 Å². The predicted molar refractivity (Wildman–Crippen MR) is 82.2 cm³/mol. The van der Waals surface area contributed by atoms with Crippen molar-refractivity contribution in [2.45, 2.75) is 39.0 Å². The predicted octanol–water partition coefficient (Wildman–Crippen LogP) is 2.46. The average Bonchev–Trinajstić information content (AvgIpc) is 2.41. The Balaban J connectivity index is 2.13. The molecule has 2 N–H and O–H groups in total. The Morgan fingerprint density at radius 2 is 2.30 bits per heavy atom. The SMILES string of the molecule is CCC1COC(C)CN1Cc1ccc(C(N)=S)cc1F. The molecule has 2 atom stereocenters. The summed E-state index contributed by atoms with van der Waals surface area (Å²) in [5.74, 6) is -0.246. The van der Waals surface area contributed by atoms with Gasteiger partial charge in [-0.25, -0.2) is 4.39 Å². The third-order valence-corrected chi connectivity index (χ3v) is 4.00. The Bertz CT molecular complexity index is 495. The highest BCUT2D eigenvalue weighted by molar-refractivity contribution is 7.80. The zero-order chi connectivity index (χ0) is 14.7. The molecule has 1 fully saturated rings. The van der Waals surface area contributed by atoms with Gasteiger partial charge in [-0.3, -0.25) is 4.90 Å². The number of benzene rings is 1. The summed E-state index contributed by atoms with van der Waals surface area (Å²) in [5, 5.41) is 0. The third kappa shape index (κ3) is 3.53. The van der Waals surface area contributed by atoms with E-state index in [4.69, 9.17) is 22.7 Å². The molecule has 0 radical (unpaired) electrons. The molecule has 0 aromatic heterocycles. The number of halogens is 1. The summed E-state index contributed by atoms with van der Waals surface area (Å²) in [7, 11) is 0. The number of nitrogens with two attached hydrogens (primary N) is 1. The van der Waals surface area contributed by atoms with E-state index in [1.807, 2.05) is 6.92 Å². The van der Waals surface area contributed by atoms with E-state index in [0.717, 1.165) is 13.0 Å². The van der Waals surface area contributed by atoms with Gasteiger partial charge in [-0.2, -0.15) is 0 Å². The summed E-state index contributed by atoms with van der Waals surface area (Å²) in [4.78, 5) is 2.51. The van der Waals surface area contributed by atoms with Crippen molar-refractivity contribution in [2.24, 2.45) is 5.73 Å². The van der Waals surface area contributed by atoms with Gasteiger partial charge in [0.25, 0.3) is 0 Å². The number of ether oxygens (including phenoxy) is 1. The van der Waals surface area contributed by atoms with Crippen LogP contribution >= 0.6 is 12.2 Å². The summed E-state index contributed by atoms with van der Waals surface area (Å²) < 4.78 is 19.8. The fraction of sp³-hybridized carbons (Fsp3) is 0.533. The third-order valence-electron chi connectivity index (χ3n) is 3.76. The zero-order valence-electron chi connectivity index (χ0n) is 11.9. The van der Waals surface area contributed by atoms with Gasteiger partial charge in [0.05, 0.1) is 12.7 Å². The first kappa shape index (κ1) is 15.4. The Morgan fingerprint density at radius 3 is 2.90 bits per heavy atom. The first-order valence-corrected chi connectivity index (χ1v) is 7.36. The highest BCUT2D eigenvalue weighted by Crippen LogP contribution is 2.20. The maximum atomic E-state index is 14.1. The van der Waals surface area contributed by atoms with Crippen molar-refractivity contribution in [3.63, 3.8) is 0 Å². The molecule has 1 aliphatic heterocycles. The van der Waals surface area contributed by atoms with Crippen LogP contribution in [0.2, 0.25) is 0 Å². The largest absolute Gasteiger partial charge is 0.389 e. The van der Waals surface area contributed by atoms with Gasteiger partial charge in [-0.1, -0.05) is 31.3 Å². The second-order valence-electron chi connectivity index (χ2n) is 5.31. The van der Waals surface area contributed by atoms with Crippen LogP contribution < -0.4 is 5.73 Å². The molecule has 1 saturated heterocycles. The van der Waals surface area contributed by atoms with Crippen molar-refractivity contribution in [1.29, 1.82) is 0 Å². The van der Waals surface area contributed by atoms with Crippen molar-refractivity contribution in [3.05, 3.63) is 35.1 Å². The minimum Gasteiger partial charge on any atom is -0.389 e. The van der Waals surface area contributed by atoms with E-state index in [-0.39, 0.29) is 16.9 Å². The van der Waals surface area contributed by atoms with E-state index < -0.39 is 0 Å². The maximum Gasteiger partial charge on any atom is 0.128 e. The number of hydrogen-bond donors (Lipinski definition) is 1. The second kappa shape index (κ2) is 6.61. The molecule has 0 aliphatic carbocycles. The van der Waals surface area contributed by atoms with Crippen LogP contribution in [0.4, 0.5) is 4.39 Å². The summed E-state index contributed by atoms with van der Waals surface area (Å²) in [6.45, 7) is 6.31. The van der Waals surface area contributed by atoms with E-state index in [1.165, 1.54) is 6.07 Å². The minimum absolute atomic E-state index is 0.191. The first-order chi connectivity index (χ1) is 9.51. The first-order valence-electron chi connectivity index (χ1n) is 6.95. The quantitative estimate of drug-likeness (QED) is 0.866. The van der Waals surface area contributed by atoms with Crippen molar-refractivity contribution in [2.75, 3.05) is 13.2 Å². The Hall–Kier alpha value is -1.04. The number of nitrogens with zero attached hydrogens (tertiary/aromatic N) is 1. The molecule has 3 nitrogen and oxygen atoms in total. The number of thiocarbonyl (C=S) groups is 1. The van der Waals surface area contributed by atoms with Crippen LogP contribution in [0, 0.1) is 5.82 Å². The van der Waals surface area contributed by atoms with Gasteiger partial charge < -0.3 is 10.5 Å². The number of rotatable bonds is 4. The lowest BCUT2D eigenvalue weighted by atomic mass is 10.1. The van der Waals surface area contributed by atoms with Crippen LogP contribution in [0.5, 0.6) is 0 Å². The molecule has 2 unspecified atom stereocenters. The highest BCUT2D eigenvalue weighted by Gasteiger charge is 2.26. The van der Waals surface area contributed by atoms with Gasteiger partial charge in [0.1, 0.15) is 10.8 Å². The molecule has 2 rings (SSSR count). The van der Waals surface area contributed by atoms with Crippen LogP contribution in [0.3, 0.4) is 0 Å². The summed E-state index contributed by atoms with van der Waals surface area (Å²) >= 11 is 4.86. The standard InChI is InChI=1S/C15H21FN2OS/c1-3-13-9-19-10(2)7-18(13)8-12-5-4-11(15(17)20)6-14(12)16/h4-6,10,13H,3,7-9H2,1-2H3,(H2,17,20). The lowest BCUT2D eigenvalue weighted by Crippen LogP contribution is -2.48. The fourth-order valence-corrected chi connectivity index (χ4v) is 2.66. The molecule has 1 aromatic carbocycles. The van der Waals surface area contributed by atoms with E-state index >= 15 is 0 Å². The van der Waals surface area contributed by atoms with E-state index in [0.29, 0.717) is 30.3 Å². The molecule has 0 spiro atoms. The Kier molecular flexibility index (Phi) is 5.07. The van der Waals surface area contributed by atoms with Gasteiger partial charge in [-0.15, -0.1) is 0 Å². The molecule has 1 heterocycles. The lowest BCUT2D eigenvalue weighted by molar-refractivity contribution is -0.0595. The van der Waals surface area contributed by atoms with Crippen LogP contribution in [0.1, 0.15) is 31.4 Å². The maximum absolute atomic E-state index is 14.1. The molecular formula is C15H21FN2OS. The molecule has 1 aromatic rings. The highest BCUT2D eigenvalue weighted by atomic mass is 32.1. The Morgan fingerprint density at radius 1 is 1.55 bits per heavy atom. The van der Waals surface area contributed by atoms with Gasteiger partial charge >= 0.3 is 0 Å². The second-order valence-corrected chi connectivity index (χ2v) is 5.75. The average molecular weight is 296 g/mol. The molecule has 20 heavy (non-hydrogen) atoms. The molecule has 110 valence electrons. The topological polar surface area (TPSA) is 38.5 Å². The van der Waals surface area contributed by atoms with Crippen LogP contribution in [0.25, 0.3) is 0 Å². The van der Waals surface area contributed by atoms with Crippen molar-refractivity contribution in [3.8, 4) is 0 Å². The number of hydrogen-bond acceptors (Lipinski definition) is 3.